The Balaban J connectivity index is 1.81. The normalized spacial score (nSPS) is 10.3. The number of hydrogen-bond donors (Lipinski definition) is 2. The largest absolute Gasteiger partial charge is 0.495 e. The van der Waals surface area contributed by atoms with Gasteiger partial charge in [0.05, 0.1) is 35.9 Å². The zero-order valence-corrected chi connectivity index (χ0v) is 14.5. The molecule has 3 rings (SSSR count). The molecule has 0 bridgehead atoms. The predicted octanol–water partition coefficient (Wildman–Crippen LogP) is 4.88. The molecule has 0 unspecified atom stereocenters. The average molecular weight is 372 g/mol. The summed E-state index contributed by atoms with van der Waals surface area (Å²) in [5.74, 6) is -0.308. The van der Waals surface area contributed by atoms with E-state index in [1.807, 2.05) is 0 Å². The first-order chi connectivity index (χ1) is 12.6. The molecular formula is C19H15ClFN3O2. The molecule has 0 aliphatic heterocycles. The van der Waals surface area contributed by atoms with Crippen LogP contribution in [0.2, 0.25) is 5.02 Å². The molecule has 0 spiro atoms. The summed E-state index contributed by atoms with van der Waals surface area (Å²) in [5, 5.41) is 6.10. The number of nitrogens with zero attached hydrogens (tertiary/aromatic N) is 1. The second kappa shape index (κ2) is 7.84. The van der Waals surface area contributed by atoms with Gasteiger partial charge in [0.15, 0.2) is 0 Å². The summed E-state index contributed by atoms with van der Waals surface area (Å²) in [7, 11) is 1.50. The second-order valence-electron chi connectivity index (χ2n) is 5.37. The molecule has 1 heterocycles. The molecule has 0 radical (unpaired) electrons. The minimum Gasteiger partial charge on any atom is -0.495 e. The highest BCUT2D eigenvalue weighted by atomic mass is 35.5. The first kappa shape index (κ1) is 17.7. The average Bonchev–Trinajstić information content (AvgIpc) is 2.64. The fraction of sp³-hybridized carbons (Fsp3) is 0.0526. The molecule has 2 aromatic carbocycles. The van der Waals surface area contributed by atoms with Crippen LogP contribution in [0.15, 0.2) is 60.9 Å². The monoisotopic (exact) mass is 371 g/mol. The van der Waals surface area contributed by atoms with Gasteiger partial charge >= 0.3 is 0 Å². The summed E-state index contributed by atoms with van der Waals surface area (Å²) >= 11 is 5.97. The highest BCUT2D eigenvalue weighted by molar-refractivity contribution is 6.31. The van der Waals surface area contributed by atoms with Gasteiger partial charge in [-0.2, -0.15) is 0 Å². The van der Waals surface area contributed by atoms with Crippen molar-refractivity contribution in [3.63, 3.8) is 0 Å². The van der Waals surface area contributed by atoms with Gasteiger partial charge in [0, 0.05) is 11.2 Å². The number of carbonyl (C=O) groups excluding carboxylic acids is 1. The van der Waals surface area contributed by atoms with Crippen LogP contribution in [0.1, 0.15) is 10.4 Å². The Bertz CT molecular complexity index is 950. The molecule has 0 aliphatic rings. The SMILES string of the molecule is COc1ccc(Cl)cc1NC(=O)c1cncc(Nc2ccccc2F)c1. The second-order valence-corrected chi connectivity index (χ2v) is 5.80. The van der Waals surface area contributed by atoms with Crippen LogP contribution in [0, 0.1) is 5.82 Å². The van der Waals surface area contributed by atoms with E-state index in [1.54, 1.807) is 42.5 Å². The zero-order chi connectivity index (χ0) is 18.5. The lowest BCUT2D eigenvalue weighted by Gasteiger charge is -2.11. The summed E-state index contributed by atoms with van der Waals surface area (Å²) in [6.45, 7) is 0. The number of ether oxygens (including phenoxy) is 1. The number of nitrogens with one attached hydrogen (secondary N) is 2. The van der Waals surface area contributed by atoms with Gasteiger partial charge in [-0.05, 0) is 36.4 Å². The lowest BCUT2D eigenvalue weighted by atomic mass is 10.2. The van der Waals surface area contributed by atoms with Crippen molar-refractivity contribution in [3.05, 3.63) is 77.3 Å². The van der Waals surface area contributed by atoms with Crippen molar-refractivity contribution in [2.24, 2.45) is 0 Å². The summed E-state index contributed by atoms with van der Waals surface area (Å²) < 4.78 is 19.0. The maximum atomic E-state index is 13.8. The van der Waals surface area contributed by atoms with Crippen molar-refractivity contribution in [1.29, 1.82) is 0 Å². The molecule has 0 saturated carbocycles. The van der Waals surface area contributed by atoms with Crippen molar-refractivity contribution >= 4 is 34.6 Å². The fourth-order valence-corrected chi connectivity index (χ4v) is 2.50. The predicted molar refractivity (Wildman–Crippen MR) is 99.9 cm³/mol. The summed E-state index contributed by atoms with van der Waals surface area (Å²) in [6.07, 6.45) is 2.92. The lowest BCUT2D eigenvalue weighted by molar-refractivity contribution is 0.102. The van der Waals surface area contributed by atoms with Crippen molar-refractivity contribution in [3.8, 4) is 5.75 Å². The number of carbonyl (C=O) groups is 1. The summed E-state index contributed by atoms with van der Waals surface area (Å²) in [5.41, 5.74) is 1.52. The smallest absolute Gasteiger partial charge is 0.257 e. The van der Waals surface area contributed by atoms with Gasteiger partial charge in [0.25, 0.3) is 5.91 Å². The Labute approximate surface area is 154 Å². The molecular weight excluding hydrogens is 357 g/mol. The van der Waals surface area contributed by atoms with Crippen molar-refractivity contribution in [2.45, 2.75) is 0 Å². The van der Waals surface area contributed by atoms with Crippen molar-refractivity contribution in [2.75, 3.05) is 17.7 Å². The molecule has 5 nitrogen and oxygen atoms in total. The van der Waals surface area contributed by atoms with Gasteiger partial charge in [0.1, 0.15) is 11.6 Å². The van der Waals surface area contributed by atoms with Crippen molar-refractivity contribution in [1.82, 2.24) is 4.98 Å². The maximum Gasteiger partial charge on any atom is 0.257 e. The van der Waals surface area contributed by atoms with E-state index in [9.17, 15) is 9.18 Å². The number of rotatable bonds is 5. The van der Waals surface area contributed by atoms with E-state index in [4.69, 9.17) is 16.3 Å². The van der Waals surface area contributed by atoms with Gasteiger partial charge < -0.3 is 15.4 Å². The number of aromatic nitrogens is 1. The number of anilines is 3. The molecule has 0 atom stereocenters. The Hall–Kier alpha value is -3.12. The summed E-state index contributed by atoms with van der Waals surface area (Å²) in [4.78, 5) is 16.5. The van der Waals surface area contributed by atoms with Crippen LogP contribution in [0.5, 0.6) is 5.75 Å². The van der Waals surface area contributed by atoms with Crippen molar-refractivity contribution < 1.29 is 13.9 Å². The molecule has 132 valence electrons. The molecule has 1 amide bonds. The third-order valence-corrected chi connectivity index (χ3v) is 3.80. The molecule has 7 heteroatoms. The third-order valence-electron chi connectivity index (χ3n) is 3.56. The first-order valence-corrected chi connectivity index (χ1v) is 8.06. The Kier molecular flexibility index (Phi) is 5.34. The highest BCUT2D eigenvalue weighted by Crippen LogP contribution is 2.28. The first-order valence-electron chi connectivity index (χ1n) is 7.68. The molecule has 2 N–H and O–H groups in total. The molecule has 0 saturated heterocycles. The number of amides is 1. The quantitative estimate of drug-likeness (QED) is 0.671. The topological polar surface area (TPSA) is 63.2 Å². The van der Waals surface area contributed by atoms with Gasteiger partial charge in [-0.25, -0.2) is 4.39 Å². The van der Waals surface area contributed by atoms with Crippen LogP contribution in [0.25, 0.3) is 0 Å². The standard InChI is InChI=1S/C19H15ClFN3O2/c1-26-18-7-6-13(20)9-17(18)24-19(25)12-8-14(11-22-10-12)23-16-5-3-2-4-15(16)21/h2-11,23H,1H3,(H,24,25). The van der Waals surface area contributed by atoms with Gasteiger partial charge in [-0.1, -0.05) is 23.7 Å². The van der Waals surface area contributed by atoms with Crippen LogP contribution >= 0.6 is 11.6 Å². The molecule has 0 aliphatic carbocycles. The number of halogens is 2. The molecule has 0 fully saturated rings. The summed E-state index contributed by atoms with van der Waals surface area (Å²) in [6, 6.07) is 12.7. The van der Waals surface area contributed by atoms with Gasteiger partial charge in [0.2, 0.25) is 0 Å². The van der Waals surface area contributed by atoms with E-state index in [1.165, 1.54) is 25.6 Å². The van der Waals surface area contributed by atoms with E-state index in [-0.39, 0.29) is 0 Å². The number of pyridine rings is 1. The van der Waals surface area contributed by atoms with Crippen LogP contribution in [0.3, 0.4) is 0 Å². The highest BCUT2D eigenvalue weighted by Gasteiger charge is 2.12. The van der Waals surface area contributed by atoms with Crippen LogP contribution in [-0.2, 0) is 0 Å². The fourth-order valence-electron chi connectivity index (χ4n) is 2.32. The minimum atomic E-state index is -0.397. The van der Waals surface area contributed by atoms with E-state index in [0.717, 1.165) is 0 Å². The minimum absolute atomic E-state index is 0.295. The Morgan fingerprint density at radius 1 is 1.12 bits per heavy atom. The van der Waals surface area contributed by atoms with E-state index in [0.29, 0.717) is 33.4 Å². The van der Waals surface area contributed by atoms with Gasteiger partial charge in [-0.3, -0.25) is 9.78 Å². The van der Waals surface area contributed by atoms with E-state index < -0.39 is 11.7 Å². The molecule has 1 aromatic heterocycles. The zero-order valence-electron chi connectivity index (χ0n) is 13.8. The number of para-hydroxylation sites is 1. The van der Waals surface area contributed by atoms with E-state index >= 15 is 0 Å². The molecule has 3 aromatic rings. The lowest BCUT2D eigenvalue weighted by Crippen LogP contribution is -2.13. The Morgan fingerprint density at radius 2 is 1.92 bits per heavy atom. The number of benzene rings is 2. The molecule has 26 heavy (non-hydrogen) atoms. The van der Waals surface area contributed by atoms with Crippen LogP contribution < -0.4 is 15.4 Å². The van der Waals surface area contributed by atoms with Crippen LogP contribution in [-0.4, -0.2) is 18.0 Å². The van der Waals surface area contributed by atoms with Gasteiger partial charge in [-0.15, -0.1) is 0 Å². The van der Waals surface area contributed by atoms with Crippen LogP contribution in [0.4, 0.5) is 21.5 Å². The number of methoxy groups -OCH3 is 1. The maximum absolute atomic E-state index is 13.8. The number of hydrogen-bond acceptors (Lipinski definition) is 4. The van der Waals surface area contributed by atoms with E-state index in [2.05, 4.69) is 15.6 Å². The third kappa shape index (κ3) is 4.10. The Morgan fingerprint density at radius 3 is 2.69 bits per heavy atom.